The summed E-state index contributed by atoms with van der Waals surface area (Å²) in [5.41, 5.74) is 1.36. The van der Waals surface area contributed by atoms with E-state index in [1.165, 1.54) is 0 Å². The van der Waals surface area contributed by atoms with Crippen LogP contribution in [-0.2, 0) is 6.61 Å². The molecular weight excluding hydrogens is 322 g/mol. The fourth-order valence-electron chi connectivity index (χ4n) is 2.10. The van der Waals surface area contributed by atoms with Gasteiger partial charge in [0.05, 0.1) is 11.6 Å². The first-order chi connectivity index (χ1) is 11.8. The summed E-state index contributed by atoms with van der Waals surface area (Å²) in [5, 5.41) is 16.9. The second-order valence-electron chi connectivity index (χ2n) is 4.86. The first-order valence-electron chi connectivity index (χ1n) is 7.47. The third kappa shape index (κ3) is 3.76. The highest BCUT2D eigenvalue weighted by atomic mass is 32.2. The minimum absolute atomic E-state index is 0.213. The van der Waals surface area contributed by atoms with Gasteiger partial charge in [-0.3, -0.25) is 0 Å². The van der Waals surface area contributed by atoms with Crippen molar-refractivity contribution in [3.8, 4) is 23.3 Å². The Morgan fingerprint density at radius 3 is 2.67 bits per heavy atom. The summed E-state index contributed by atoms with van der Waals surface area (Å²) in [5.74, 6) is 2.60. The summed E-state index contributed by atoms with van der Waals surface area (Å²) in [6, 6.07) is 16.9. The predicted molar refractivity (Wildman–Crippen MR) is 91.6 cm³/mol. The molecule has 3 aromatic rings. The molecule has 0 saturated carbocycles. The van der Waals surface area contributed by atoms with Gasteiger partial charge in [0.1, 0.15) is 5.75 Å². The van der Waals surface area contributed by atoms with Crippen LogP contribution in [0.4, 0.5) is 0 Å². The number of aromatic nitrogens is 2. The first kappa shape index (κ1) is 16.1. The van der Waals surface area contributed by atoms with Crippen molar-refractivity contribution < 1.29 is 9.15 Å². The lowest BCUT2D eigenvalue weighted by Gasteiger charge is -2.08. The number of thioether (sulfide) groups is 1. The molecule has 0 spiro atoms. The molecule has 0 saturated heterocycles. The van der Waals surface area contributed by atoms with Crippen molar-refractivity contribution in [3.63, 3.8) is 0 Å². The van der Waals surface area contributed by atoms with Gasteiger partial charge in [-0.05, 0) is 42.2 Å². The molecule has 3 rings (SSSR count). The molecule has 0 N–H and O–H groups in total. The molecule has 1 aromatic heterocycles. The monoisotopic (exact) mass is 337 g/mol. The van der Waals surface area contributed by atoms with Crippen LogP contribution in [0.5, 0.6) is 5.75 Å². The van der Waals surface area contributed by atoms with Gasteiger partial charge in [-0.15, -0.1) is 22.0 Å². The lowest BCUT2D eigenvalue weighted by molar-refractivity contribution is 0.259. The second-order valence-corrected chi connectivity index (χ2v) is 6.16. The maximum Gasteiger partial charge on any atom is 0.254 e. The van der Waals surface area contributed by atoms with E-state index in [-0.39, 0.29) is 6.61 Å². The van der Waals surface area contributed by atoms with Crippen LogP contribution in [-0.4, -0.2) is 16.0 Å². The van der Waals surface area contributed by atoms with E-state index in [1.807, 2.05) is 24.3 Å². The smallest absolute Gasteiger partial charge is 0.254 e. The maximum atomic E-state index is 8.82. The summed E-state index contributed by atoms with van der Waals surface area (Å²) < 4.78 is 11.4. The van der Waals surface area contributed by atoms with Crippen LogP contribution in [0.1, 0.15) is 18.4 Å². The van der Waals surface area contributed by atoms with E-state index in [0.717, 1.165) is 22.0 Å². The summed E-state index contributed by atoms with van der Waals surface area (Å²) in [7, 11) is 0. The second kappa shape index (κ2) is 7.66. The Morgan fingerprint density at radius 2 is 1.92 bits per heavy atom. The Labute approximate surface area is 144 Å². The third-order valence-corrected chi connectivity index (χ3v) is 4.16. The van der Waals surface area contributed by atoms with Gasteiger partial charge < -0.3 is 9.15 Å². The number of hydrogen-bond acceptors (Lipinski definition) is 6. The van der Waals surface area contributed by atoms with Gasteiger partial charge in [-0.1, -0.05) is 19.1 Å². The molecule has 0 unspecified atom stereocenters. The number of nitrogens with zero attached hydrogens (tertiary/aromatic N) is 3. The van der Waals surface area contributed by atoms with Crippen molar-refractivity contribution in [1.29, 1.82) is 5.26 Å². The lowest BCUT2D eigenvalue weighted by Crippen LogP contribution is -1.97. The summed E-state index contributed by atoms with van der Waals surface area (Å²) in [4.78, 5) is 1.09. The number of para-hydroxylation sites is 1. The molecular formula is C18H15N3O2S. The van der Waals surface area contributed by atoms with E-state index in [4.69, 9.17) is 14.4 Å². The SMILES string of the molecule is CCSc1ccccc1OCc1nnc(-c2ccc(C#N)cc2)o1. The van der Waals surface area contributed by atoms with E-state index >= 15 is 0 Å². The predicted octanol–water partition coefficient (Wildman–Crippen LogP) is 4.30. The van der Waals surface area contributed by atoms with Gasteiger partial charge in [0.2, 0.25) is 5.89 Å². The molecule has 24 heavy (non-hydrogen) atoms. The van der Waals surface area contributed by atoms with Crippen LogP contribution in [0, 0.1) is 11.3 Å². The topological polar surface area (TPSA) is 71.9 Å². The van der Waals surface area contributed by atoms with Gasteiger partial charge in [-0.25, -0.2) is 0 Å². The maximum absolute atomic E-state index is 8.82. The van der Waals surface area contributed by atoms with Crippen molar-refractivity contribution in [2.75, 3.05) is 5.75 Å². The van der Waals surface area contributed by atoms with Crippen molar-refractivity contribution in [2.45, 2.75) is 18.4 Å². The van der Waals surface area contributed by atoms with Gasteiger partial charge in [0.25, 0.3) is 5.89 Å². The summed E-state index contributed by atoms with van der Waals surface area (Å²) in [6.07, 6.45) is 0. The van der Waals surface area contributed by atoms with Crippen molar-refractivity contribution >= 4 is 11.8 Å². The number of nitriles is 1. The van der Waals surface area contributed by atoms with E-state index in [2.05, 4.69) is 23.2 Å². The van der Waals surface area contributed by atoms with Crippen molar-refractivity contribution in [3.05, 3.63) is 60.0 Å². The molecule has 0 atom stereocenters. The largest absolute Gasteiger partial charge is 0.483 e. The van der Waals surface area contributed by atoms with Crippen LogP contribution in [0.15, 0.2) is 57.8 Å². The summed E-state index contributed by atoms with van der Waals surface area (Å²) >= 11 is 1.72. The van der Waals surface area contributed by atoms with Crippen molar-refractivity contribution in [1.82, 2.24) is 10.2 Å². The molecule has 5 nitrogen and oxygen atoms in total. The van der Waals surface area contributed by atoms with Gasteiger partial charge in [-0.2, -0.15) is 5.26 Å². The van der Waals surface area contributed by atoms with E-state index in [9.17, 15) is 0 Å². The Kier molecular flexibility index (Phi) is 5.14. The van der Waals surface area contributed by atoms with Gasteiger partial charge >= 0.3 is 0 Å². The zero-order valence-corrected chi connectivity index (χ0v) is 13.9. The fourth-order valence-corrected chi connectivity index (χ4v) is 2.85. The van der Waals surface area contributed by atoms with E-state index in [0.29, 0.717) is 17.3 Å². The average molecular weight is 337 g/mol. The number of ether oxygens (including phenoxy) is 1. The Hall–Kier alpha value is -2.78. The Morgan fingerprint density at radius 1 is 1.12 bits per heavy atom. The average Bonchev–Trinajstić information content (AvgIpc) is 3.10. The molecule has 0 fully saturated rings. The zero-order valence-electron chi connectivity index (χ0n) is 13.1. The third-order valence-electron chi connectivity index (χ3n) is 3.23. The minimum atomic E-state index is 0.213. The van der Waals surface area contributed by atoms with Crippen LogP contribution >= 0.6 is 11.8 Å². The molecule has 0 aliphatic carbocycles. The van der Waals surface area contributed by atoms with Crippen molar-refractivity contribution in [2.24, 2.45) is 0 Å². The molecule has 0 aliphatic heterocycles. The molecule has 0 aliphatic rings. The zero-order chi connectivity index (χ0) is 16.8. The molecule has 2 aromatic carbocycles. The fraction of sp³-hybridized carbons (Fsp3) is 0.167. The molecule has 0 radical (unpaired) electrons. The highest BCUT2D eigenvalue weighted by Gasteiger charge is 2.10. The molecule has 0 amide bonds. The molecule has 120 valence electrons. The van der Waals surface area contributed by atoms with Crippen LogP contribution in [0.2, 0.25) is 0 Å². The number of benzene rings is 2. The Balaban J connectivity index is 1.69. The molecule has 6 heteroatoms. The number of hydrogen-bond donors (Lipinski definition) is 0. The quantitative estimate of drug-likeness (QED) is 0.625. The van der Waals surface area contributed by atoms with Gasteiger partial charge in [0.15, 0.2) is 6.61 Å². The van der Waals surface area contributed by atoms with Gasteiger partial charge in [0, 0.05) is 10.5 Å². The molecule has 0 bridgehead atoms. The summed E-state index contributed by atoms with van der Waals surface area (Å²) in [6.45, 7) is 2.31. The van der Waals surface area contributed by atoms with Crippen LogP contribution < -0.4 is 4.74 Å². The Bertz CT molecular complexity index is 853. The first-order valence-corrected chi connectivity index (χ1v) is 8.46. The molecule has 1 heterocycles. The van der Waals surface area contributed by atoms with Crippen LogP contribution in [0.3, 0.4) is 0 Å². The van der Waals surface area contributed by atoms with E-state index < -0.39 is 0 Å². The standard InChI is InChI=1S/C18H15N3O2S/c1-2-24-16-6-4-3-5-15(16)22-12-17-20-21-18(23-17)14-9-7-13(11-19)8-10-14/h3-10H,2,12H2,1H3. The highest BCUT2D eigenvalue weighted by Crippen LogP contribution is 2.29. The minimum Gasteiger partial charge on any atom is -0.483 e. The van der Waals surface area contributed by atoms with Crippen LogP contribution in [0.25, 0.3) is 11.5 Å². The normalized spacial score (nSPS) is 10.3. The van der Waals surface area contributed by atoms with E-state index in [1.54, 1.807) is 36.0 Å². The highest BCUT2D eigenvalue weighted by molar-refractivity contribution is 7.99. The lowest BCUT2D eigenvalue weighted by atomic mass is 10.1. The number of rotatable bonds is 6.